The van der Waals surface area contributed by atoms with Gasteiger partial charge in [-0.15, -0.1) is 11.3 Å². The first-order valence-electron chi connectivity index (χ1n) is 20.7. The van der Waals surface area contributed by atoms with Gasteiger partial charge in [0.1, 0.15) is 0 Å². The van der Waals surface area contributed by atoms with Gasteiger partial charge in [-0.05, 0) is 83.1 Å². The summed E-state index contributed by atoms with van der Waals surface area (Å²) in [6.45, 7) is 2.26. The van der Waals surface area contributed by atoms with E-state index in [1.165, 1.54) is 60.5 Å². The summed E-state index contributed by atoms with van der Waals surface area (Å²) in [5.74, 6) is 1.90. The largest absolute Gasteiger partial charge is 0.309 e. The van der Waals surface area contributed by atoms with Crippen LogP contribution in [0.15, 0.2) is 188 Å². The number of aryl methyl sites for hydroxylation is 1. The number of benzene rings is 8. The van der Waals surface area contributed by atoms with Crippen molar-refractivity contribution < 1.29 is 0 Å². The predicted molar refractivity (Wildman–Crippen MR) is 253 cm³/mol. The van der Waals surface area contributed by atoms with Gasteiger partial charge in [0.15, 0.2) is 17.5 Å². The molecule has 4 nitrogen and oxygen atoms in total. The van der Waals surface area contributed by atoms with Crippen LogP contribution in [0.4, 0.5) is 0 Å². The van der Waals surface area contributed by atoms with Crippen LogP contribution in [0.1, 0.15) is 25.3 Å². The van der Waals surface area contributed by atoms with Crippen LogP contribution in [-0.2, 0) is 6.42 Å². The summed E-state index contributed by atoms with van der Waals surface area (Å²) in [5, 5.41) is 5.13. The lowest BCUT2D eigenvalue weighted by atomic mass is 10.00. The zero-order valence-electron chi connectivity index (χ0n) is 33.2. The molecule has 0 fully saturated rings. The van der Waals surface area contributed by atoms with Gasteiger partial charge in [0.05, 0.1) is 11.0 Å². The Bertz CT molecular complexity index is 3360. The lowest BCUT2D eigenvalue weighted by Crippen LogP contribution is -2.01. The molecular formula is C55H40N4S. The van der Waals surface area contributed by atoms with Crippen molar-refractivity contribution in [1.82, 2.24) is 19.5 Å². The fraction of sp³-hybridized carbons (Fsp3) is 0.0727. The van der Waals surface area contributed by atoms with Crippen LogP contribution in [0.2, 0.25) is 0 Å². The lowest BCUT2D eigenvalue weighted by molar-refractivity contribution is 0.796. The van der Waals surface area contributed by atoms with Gasteiger partial charge in [-0.25, -0.2) is 15.0 Å². The molecule has 286 valence electrons. The molecule has 0 aliphatic rings. The van der Waals surface area contributed by atoms with Gasteiger partial charge in [-0.1, -0.05) is 159 Å². The molecule has 5 heteroatoms. The van der Waals surface area contributed by atoms with Crippen molar-refractivity contribution in [2.24, 2.45) is 0 Å². The Morgan fingerprint density at radius 3 is 1.87 bits per heavy atom. The average molecular weight is 789 g/mol. The summed E-state index contributed by atoms with van der Waals surface area (Å²) in [6.07, 6.45) is 3.54. The second-order valence-corrected chi connectivity index (χ2v) is 16.5. The minimum absolute atomic E-state index is 0.626. The summed E-state index contributed by atoms with van der Waals surface area (Å²) >= 11 is 1.90. The molecule has 60 heavy (non-hydrogen) atoms. The molecule has 0 saturated carbocycles. The molecule has 0 spiro atoms. The number of hydrogen-bond acceptors (Lipinski definition) is 4. The number of aromatic nitrogens is 4. The van der Waals surface area contributed by atoms with Crippen LogP contribution in [0.3, 0.4) is 0 Å². The molecule has 0 radical (unpaired) electrons. The number of rotatable bonds is 9. The standard InChI is InChI=1S/C55H40N4S/c1-2-3-15-36-28-31-51-48(32-36)47-26-14-25-44(52(47)60-51)40-29-30-46-45-24-10-11-27-49(45)59(50(46)35-40)43-23-13-22-42(34-43)55-57-53(38-18-8-5-9-19-38)56-54(58-55)41-21-12-20-39(33-41)37-16-6-4-7-17-37/h4-14,16-35H,2-3,15H2,1H3. The molecule has 0 aliphatic carbocycles. The van der Waals surface area contributed by atoms with Gasteiger partial charge in [-0.2, -0.15) is 0 Å². The first-order chi connectivity index (χ1) is 29.7. The number of thiophene rings is 1. The highest BCUT2D eigenvalue weighted by molar-refractivity contribution is 7.26. The average Bonchev–Trinajstić information content (AvgIpc) is 3.86. The van der Waals surface area contributed by atoms with E-state index in [1.807, 2.05) is 35.6 Å². The molecule has 8 aromatic carbocycles. The van der Waals surface area contributed by atoms with E-state index in [-0.39, 0.29) is 0 Å². The van der Waals surface area contributed by atoms with Crippen molar-refractivity contribution in [3.8, 4) is 62.1 Å². The molecule has 0 unspecified atom stereocenters. The zero-order chi connectivity index (χ0) is 40.0. The van der Waals surface area contributed by atoms with Crippen molar-refractivity contribution in [3.63, 3.8) is 0 Å². The van der Waals surface area contributed by atoms with Gasteiger partial charge in [0, 0.05) is 53.3 Å². The third-order valence-electron chi connectivity index (χ3n) is 11.6. The van der Waals surface area contributed by atoms with Crippen molar-refractivity contribution in [2.75, 3.05) is 0 Å². The van der Waals surface area contributed by atoms with E-state index >= 15 is 0 Å². The minimum atomic E-state index is 0.626. The van der Waals surface area contributed by atoms with Gasteiger partial charge < -0.3 is 4.57 Å². The molecule has 0 amide bonds. The summed E-state index contributed by atoms with van der Waals surface area (Å²) in [4.78, 5) is 15.3. The lowest BCUT2D eigenvalue weighted by Gasteiger charge is -2.12. The third-order valence-corrected chi connectivity index (χ3v) is 12.8. The number of unbranched alkanes of at least 4 members (excludes halogenated alkanes) is 1. The Morgan fingerprint density at radius 1 is 0.433 bits per heavy atom. The Labute approximate surface area is 353 Å². The molecule has 0 atom stereocenters. The smallest absolute Gasteiger partial charge is 0.164 e. The van der Waals surface area contributed by atoms with E-state index in [2.05, 4.69) is 175 Å². The molecule has 11 aromatic rings. The topological polar surface area (TPSA) is 43.6 Å². The highest BCUT2D eigenvalue weighted by Crippen LogP contribution is 2.42. The second-order valence-electron chi connectivity index (χ2n) is 15.5. The van der Waals surface area contributed by atoms with Crippen molar-refractivity contribution >= 4 is 53.3 Å². The molecule has 0 saturated heterocycles. The normalized spacial score (nSPS) is 11.6. The third kappa shape index (κ3) is 6.44. The Balaban J connectivity index is 1.06. The number of nitrogens with zero attached hydrogens (tertiary/aromatic N) is 4. The Morgan fingerprint density at radius 2 is 1.07 bits per heavy atom. The van der Waals surface area contributed by atoms with Crippen LogP contribution in [-0.4, -0.2) is 19.5 Å². The van der Waals surface area contributed by atoms with Crippen LogP contribution in [0.5, 0.6) is 0 Å². The van der Waals surface area contributed by atoms with E-state index in [0.29, 0.717) is 17.5 Å². The van der Waals surface area contributed by atoms with Gasteiger partial charge in [-0.3, -0.25) is 0 Å². The number of fused-ring (bicyclic) bond motifs is 6. The predicted octanol–water partition coefficient (Wildman–Crippen LogP) is 15.0. The molecule has 3 aromatic heterocycles. The van der Waals surface area contributed by atoms with Crippen LogP contribution in [0, 0.1) is 0 Å². The van der Waals surface area contributed by atoms with Gasteiger partial charge >= 0.3 is 0 Å². The summed E-state index contributed by atoms with van der Waals surface area (Å²) < 4.78 is 5.07. The highest BCUT2D eigenvalue weighted by atomic mass is 32.1. The fourth-order valence-electron chi connectivity index (χ4n) is 8.63. The first-order valence-corrected chi connectivity index (χ1v) is 21.6. The summed E-state index contributed by atoms with van der Waals surface area (Å²) in [6, 6.07) is 67.2. The fourth-order valence-corrected chi connectivity index (χ4v) is 9.85. The minimum Gasteiger partial charge on any atom is -0.309 e. The first kappa shape index (κ1) is 35.9. The molecular weight excluding hydrogens is 749 g/mol. The molecule has 3 heterocycles. The van der Waals surface area contributed by atoms with E-state index in [9.17, 15) is 0 Å². The van der Waals surface area contributed by atoms with Crippen LogP contribution >= 0.6 is 11.3 Å². The van der Waals surface area contributed by atoms with Crippen LogP contribution in [0.25, 0.3) is 104 Å². The maximum atomic E-state index is 5.17. The van der Waals surface area contributed by atoms with Crippen molar-refractivity contribution in [2.45, 2.75) is 26.2 Å². The van der Waals surface area contributed by atoms with Crippen molar-refractivity contribution in [3.05, 3.63) is 194 Å². The van der Waals surface area contributed by atoms with E-state index in [0.717, 1.165) is 51.0 Å². The van der Waals surface area contributed by atoms with E-state index in [4.69, 9.17) is 15.0 Å². The quantitative estimate of drug-likeness (QED) is 0.146. The molecule has 0 bridgehead atoms. The Hall–Kier alpha value is -7.21. The highest BCUT2D eigenvalue weighted by Gasteiger charge is 2.18. The maximum Gasteiger partial charge on any atom is 0.164 e. The summed E-state index contributed by atoms with van der Waals surface area (Å²) in [7, 11) is 0. The van der Waals surface area contributed by atoms with E-state index in [1.54, 1.807) is 0 Å². The monoisotopic (exact) mass is 788 g/mol. The van der Waals surface area contributed by atoms with Gasteiger partial charge in [0.2, 0.25) is 0 Å². The zero-order valence-corrected chi connectivity index (χ0v) is 34.0. The SMILES string of the molecule is CCCCc1ccc2sc3c(-c4ccc5c6ccccc6n(-c6cccc(-c7nc(-c8ccccc8)nc(-c8cccc(-c9ccccc9)c8)n7)c6)c5c4)cccc3c2c1. The molecule has 0 N–H and O–H groups in total. The maximum absolute atomic E-state index is 5.17. The second kappa shape index (κ2) is 15.2. The Kier molecular flexibility index (Phi) is 9.09. The van der Waals surface area contributed by atoms with Crippen molar-refractivity contribution in [1.29, 1.82) is 0 Å². The molecule has 0 aliphatic heterocycles. The van der Waals surface area contributed by atoms with Crippen LogP contribution < -0.4 is 0 Å². The molecule has 11 rings (SSSR count). The van der Waals surface area contributed by atoms with Gasteiger partial charge in [0.25, 0.3) is 0 Å². The number of hydrogen-bond donors (Lipinski definition) is 0. The number of para-hydroxylation sites is 1. The van der Waals surface area contributed by atoms with E-state index < -0.39 is 0 Å². The summed E-state index contributed by atoms with van der Waals surface area (Å²) in [5.41, 5.74) is 12.3.